The molecule has 9 heteroatoms. The van der Waals surface area contributed by atoms with Gasteiger partial charge in [0.25, 0.3) is 0 Å². The molecule has 2 aromatic carbocycles. The van der Waals surface area contributed by atoms with Crippen LogP contribution in [0.4, 0.5) is 13.2 Å². The summed E-state index contributed by atoms with van der Waals surface area (Å²) in [7, 11) is 1.31. The molecular weight excluding hydrogens is 437 g/mol. The van der Waals surface area contributed by atoms with Crippen molar-refractivity contribution >= 4 is 11.9 Å². The van der Waals surface area contributed by atoms with Crippen LogP contribution in [-0.2, 0) is 27.0 Å². The van der Waals surface area contributed by atoms with Gasteiger partial charge in [0.1, 0.15) is 6.04 Å². The van der Waals surface area contributed by atoms with E-state index in [0.29, 0.717) is 24.2 Å². The van der Waals surface area contributed by atoms with E-state index >= 15 is 0 Å². The maximum absolute atomic E-state index is 13.0. The molecule has 1 saturated heterocycles. The third-order valence-electron chi connectivity index (χ3n) is 5.63. The number of morpholine rings is 1. The van der Waals surface area contributed by atoms with Crippen LogP contribution in [0.3, 0.4) is 0 Å². The lowest BCUT2D eigenvalue weighted by Gasteiger charge is -2.38. The number of rotatable bonds is 6. The summed E-state index contributed by atoms with van der Waals surface area (Å²) in [6.45, 7) is 4.70. The quantitative estimate of drug-likeness (QED) is 0.656. The average molecular weight is 464 g/mol. The van der Waals surface area contributed by atoms with E-state index in [1.165, 1.54) is 19.2 Å². The van der Waals surface area contributed by atoms with Gasteiger partial charge in [0, 0.05) is 13.1 Å². The molecule has 1 N–H and O–H groups in total. The van der Waals surface area contributed by atoms with Gasteiger partial charge in [0.05, 0.1) is 37.0 Å². The molecule has 0 spiro atoms. The van der Waals surface area contributed by atoms with Crippen molar-refractivity contribution in [2.45, 2.75) is 44.8 Å². The van der Waals surface area contributed by atoms with Crippen molar-refractivity contribution in [3.8, 4) is 0 Å². The number of nitrogens with zero attached hydrogens (tertiary/aromatic N) is 1. The molecule has 0 aromatic heterocycles. The van der Waals surface area contributed by atoms with Gasteiger partial charge in [0.2, 0.25) is 5.91 Å². The van der Waals surface area contributed by atoms with Gasteiger partial charge in [-0.1, -0.05) is 24.3 Å². The molecule has 0 radical (unpaired) electrons. The summed E-state index contributed by atoms with van der Waals surface area (Å²) in [5, 5.41) is 2.96. The van der Waals surface area contributed by atoms with E-state index in [1.807, 2.05) is 18.7 Å². The minimum absolute atomic E-state index is 0.105. The van der Waals surface area contributed by atoms with Crippen LogP contribution in [0.2, 0.25) is 0 Å². The van der Waals surface area contributed by atoms with Gasteiger partial charge >= 0.3 is 12.1 Å². The number of ether oxygens (including phenoxy) is 2. The number of alkyl halides is 3. The molecule has 0 bridgehead atoms. The first-order chi connectivity index (χ1) is 15.6. The zero-order valence-corrected chi connectivity index (χ0v) is 18.7. The summed E-state index contributed by atoms with van der Waals surface area (Å²) in [5.41, 5.74) is 1.21. The summed E-state index contributed by atoms with van der Waals surface area (Å²) in [5.74, 6) is -0.677. The van der Waals surface area contributed by atoms with Crippen LogP contribution in [0.1, 0.15) is 46.9 Å². The Bertz CT molecular complexity index is 961. The molecule has 1 amide bonds. The molecule has 1 fully saturated rings. The smallest absolute Gasteiger partial charge is 0.416 e. The summed E-state index contributed by atoms with van der Waals surface area (Å²) >= 11 is 0. The molecule has 2 aromatic rings. The molecule has 1 aliphatic rings. The number of methoxy groups -OCH3 is 1. The van der Waals surface area contributed by atoms with Gasteiger partial charge < -0.3 is 14.8 Å². The second kappa shape index (κ2) is 10.4. The van der Waals surface area contributed by atoms with Crippen molar-refractivity contribution in [2.24, 2.45) is 0 Å². The number of amides is 1. The van der Waals surface area contributed by atoms with E-state index in [0.717, 1.165) is 17.7 Å². The van der Waals surface area contributed by atoms with Gasteiger partial charge in [-0.3, -0.25) is 9.69 Å². The summed E-state index contributed by atoms with van der Waals surface area (Å²) in [6, 6.07) is 10.8. The highest BCUT2D eigenvalue weighted by Gasteiger charge is 2.34. The topological polar surface area (TPSA) is 67.9 Å². The van der Waals surface area contributed by atoms with Crippen molar-refractivity contribution in [3.05, 3.63) is 70.8 Å². The minimum Gasteiger partial charge on any atom is -0.465 e. The lowest BCUT2D eigenvalue weighted by molar-refractivity contribution is -0.138. The standard InChI is InChI=1S/C24H27F3N2O4/c1-15-12-29(13-17-4-10-20(11-5-17)24(25,26)27)21(14-33-15)22(30)28-16(2)18-6-8-19(9-7-18)23(31)32-3/h4-11,15-16,21H,12-14H2,1-3H3,(H,28,30)/t15-,16+,21-/m1/s1. The molecular formula is C24H27F3N2O4. The SMILES string of the molecule is COC(=O)c1ccc([C@H](C)NC(=O)[C@H]2CO[C@H](C)CN2Cc2ccc(C(F)(F)F)cc2)cc1. The molecule has 3 rings (SSSR count). The molecule has 0 aliphatic carbocycles. The molecule has 6 nitrogen and oxygen atoms in total. The van der Waals surface area contributed by atoms with Crippen LogP contribution in [-0.4, -0.2) is 49.2 Å². The maximum Gasteiger partial charge on any atom is 0.416 e. The van der Waals surface area contributed by atoms with Gasteiger partial charge in [-0.25, -0.2) is 4.79 Å². The minimum atomic E-state index is -4.39. The van der Waals surface area contributed by atoms with E-state index in [-0.39, 0.29) is 24.7 Å². The second-order valence-corrected chi connectivity index (χ2v) is 8.13. The van der Waals surface area contributed by atoms with Crippen LogP contribution in [0, 0.1) is 0 Å². The molecule has 0 saturated carbocycles. The van der Waals surface area contributed by atoms with Crippen molar-refractivity contribution in [3.63, 3.8) is 0 Å². The normalized spacial score (nSPS) is 20.2. The van der Waals surface area contributed by atoms with Crippen LogP contribution in [0.5, 0.6) is 0 Å². The Labute approximate surface area is 190 Å². The lowest BCUT2D eigenvalue weighted by Crippen LogP contribution is -2.55. The van der Waals surface area contributed by atoms with Gasteiger partial charge in [-0.2, -0.15) is 13.2 Å². The fourth-order valence-electron chi connectivity index (χ4n) is 3.74. The summed E-state index contributed by atoms with van der Waals surface area (Å²) < 4.78 is 48.9. The number of halogens is 3. The van der Waals surface area contributed by atoms with Crippen LogP contribution < -0.4 is 5.32 Å². The second-order valence-electron chi connectivity index (χ2n) is 8.13. The Morgan fingerprint density at radius 2 is 1.79 bits per heavy atom. The number of nitrogens with one attached hydrogen (secondary N) is 1. The van der Waals surface area contributed by atoms with E-state index < -0.39 is 23.8 Å². The predicted molar refractivity (Wildman–Crippen MR) is 115 cm³/mol. The first-order valence-corrected chi connectivity index (χ1v) is 10.6. The Hall–Kier alpha value is -2.91. The Balaban J connectivity index is 1.67. The van der Waals surface area contributed by atoms with Crippen LogP contribution >= 0.6 is 0 Å². The van der Waals surface area contributed by atoms with E-state index in [4.69, 9.17) is 4.74 Å². The number of hydrogen-bond acceptors (Lipinski definition) is 5. The highest BCUT2D eigenvalue weighted by molar-refractivity contribution is 5.89. The molecule has 1 aliphatic heterocycles. The van der Waals surface area contributed by atoms with E-state index in [2.05, 4.69) is 10.1 Å². The van der Waals surface area contributed by atoms with Crippen LogP contribution in [0.15, 0.2) is 48.5 Å². The number of esters is 1. The van der Waals surface area contributed by atoms with Crippen molar-refractivity contribution < 1.29 is 32.2 Å². The third kappa shape index (κ3) is 6.33. The van der Waals surface area contributed by atoms with E-state index in [1.54, 1.807) is 24.3 Å². The zero-order chi connectivity index (χ0) is 24.2. The zero-order valence-electron chi connectivity index (χ0n) is 18.7. The Morgan fingerprint density at radius 3 is 2.36 bits per heavy atom. The fraction of sp³-hybridized carbons (Fsp3) is 0.417. The number of carbonyl (C=O) groups is 2. The summed E-state index contributed by atoms with van der Waals surface area (Å²) in [6.07, 6.45) is -4.49. The fourth-order valence-corrected chi connectivity index (χ4v) is 3.74. The van der Waals surface area contributed by atoms with Crippen molar-refractivity contribution in [1.29, 1.82) is 0 Å². The highest BCUT2D eigenvalue weighted by atomic mass is 19.4. The van der Waals surface area contributed by atoms with E-state index in [9.17, 15) is 22.8 Å². The van der Waals surface area contributed by atoms with Gasteiger partial charge in [0.15, 0.2) is 0 Å². The molecule has 178 valence electrons. The molecule has 3 atom stereocenters. The highest BCUT2D eigenvalue weighted by Crippen LogP contribution is 2.29. The summed E-state index contributed by atoms with van der Waals surface area (Å²) in [4.78, 5) is 26.5. The number of hydrogen-bond donors (Lipinski definition) is 1. The average Bonchev–Trinajstić information content (AvgIpc) is 2.78. The largest absolute Gasteiger partial charge is 0.465 e. The molecule has 33 heavy (non-hydrogen) atoms. The van der Waals surface area contributed by atoms with Crippen LogP contribution in [0.25, 0.3) is 0 Å². The molecule has 1 heterocycles. The Morgan fingerprint density at radius 1 is 1.15 bits per heavy atom. The monoisotopic (exact) mass is 464 g/mol. The van der Waals surface area contributed by atoms with Crippen molar-refractivity contribution in [1.82, 2.24) is 10.2 Å². The first-order valence-electron chi connectivity index (χ1n) is 10.6. The predicted octanol–water partition coefficient (Wildman–Crippen LogP) is 3.96. The first kappa shape index (κ1) is 24.7. The number of carbonyl (C=O) groups excluding carboxylic acids is 2. The number of benzene rings is 2. The van der Waals surface area contributed by atoms with Gasteiger partial charge in [-0.15, -0.1) is 0 Å². The van der Waals surface area contributed by atoms with Crippen molar-refractivity contribution in [2.75, 3.05) is 20.3 Å². The third-order valence-corrected chi connectivity index (χ3v) is 5.63. The Kier molecular flexibility index (Phi) is 7.76. The lowest BCUT2D eigenvalue weighted by atomic mass is 10.0. The molecule has 0 unspecified atom stereocenters. The van der Waals surface area contributed by atoms with Gasteiger partial charge in [-0.05, 0) is 49.2 Å². The maximum atomic E-state index is 13.0.